The molecule has 23 heavy (non-hydrogen) atoms. The Balaban J connectivity index is 2.03. The smallest absolute Gasteiger partial charge is 0.344 e. The van der Waals surface area contributed by atoms with E-state index < -0.39 is 5.97 Å². The van der Waals surface area contributed by atoms with Crippen LogP contribution in [0.4, 0.5) is 0 Å². The van der Waals surface area contributed by atoms with Crippen LogP contribution < -0.4 is 10.1 Å². The van der Waals surface area contributed by atoms with Gasteiger partial charge < -0.3 is 14.8 Å². The highest BCUT2D eigenvalue weighted by Gasteiger charge is 2.05. The predicted octanol–water partition coefficient (Wildman–Crippen LogP) is 3.00. The molecular weight excluding hydrogens is 294 g/mol. The topological polar surface area (TPSA) is 64.6 Å². The molecule has 0 aliphatic carbocycles. The molecule has 1 amide bonds. The van der Waals surface area contributed by atoms with Crippen LogP contribution in [0.25, 0.3) is 0 Å². The van der Waals surface area contributed by atoms with Gasteiger partial charge in [-0.3, -0.25) is 4.79 Å². The summed E-state index contributed by atoms with van der Waals surface area (Å²) in [5.41, 5.74) is 1.13. The number of ether oxygens (including phenoxy) is 2. The molecule has 0 fully saturated rings. The van der Waals surface area contributed by atoms with Crippen molar-refractivity contribution in [1.82, 2.24) is 5.32 Å². The van der Waals surface area contributed by atoms with Gasteiger partial charge in [-0.15, -0.1) is 0 Å². The molecule has 1 N–H and O–H groups in total. The van der Waals surface area contributed by atoms with Gasteiger partial charge in [-0.25, -0.2) is 4.79 Å². The Hall–Kier alpha value is -2.04. The van der Waals surface area contributed by atoms with E-state index >= 15 is 0 Å². The minimum atomic E-state index is -0.442. The molecule has 0 bridgehead atoms. The van der Waals surface area contributed by atoms with Crippen molar-refractivity contribution in [3.05, 3.63) is 29.8 Å². The molecule has 0 aliphatic heterocycles. The lowest BCUT2D eigenvalue weighted by Gasteiger charge is -2.08. The van der Waals surface area contributed by atoms with Crippen molar-refractivity contribution in [2.45, 2.75) is 46.0 Å². The SMILES string of the molecule is CCCCCCC(=O)NCCOC(=O)COc1ccc(C)cc1. The second-order valence-corrected chi connectivity index (χ2v) is 5.48. The van der Waals surface area contributed by atoms with Crippen LogP contribution in [0, 0.1) is 6.92 Å². The fourth-order valence-electron chi connectivity index (χ4n) is 1.97. The van der Waals surface area contributed by atoms with Gasteiger partial charge in [0, 0.05) is 6.42 Å². The quantitative estimate of drug-likeness (QED) is 0.503. The number of nitrogens with one attached hydrogen (secondary N) is 1. The van der Waals surface area contributed by atoms with Gasteiger partial charge in [0.15, 0.2) is 6.61 Å². The molecule has 0 spiro atoms. The van der Waals surface area contributed by atoms with Crippen LogP contribution in [0.3, 0.4) is 0 Å². The van der Waals surface area contributed by atoms with Crippen molar-refractivity contribution >= 4 is 11.9 Å². The van der Waals surface area contributed by atoms with Gasteiger partial charge in [0.2, 0.25) is 5.91 Å². The zero-order valence-electron chi connectivity index (χ0n) is 14.1. The van der Waals surface area contributed by atoms with Crippen LogP contribution in [0.5, 0.6) is 5.75 Å². The minimum absolute atomic E-state index is 0.00746. The predicted molar refractivity (Wildman–Crippen MR) is 89.4 cm³/mol. The third-order valence-corrected chi connectivity index (χ3v) is 3.32. The number of amides is 1. The maximum atomic E-state index is 11.5. The van der Waals surface area contributed by atoms with Crippen LogP contribution in [0.1, 0.15) is 44.6 Å². The van der Waals surface area contributed by atoms with Gasteiger partial charge in [-0.05, 0) is 25.5 Å². The highest BCUT2D eigenvalue weighted by Crippen LogP contribution is 2.11. The zero-order valence-corrected chi connectivity index (χ0v) is 14.1. The summed E-state index contributed by atoms with van der Waals surface area (Å²) in [5.74, 6) is 0.198. The van der Waals surface area contributed by atoms with E-state index in [1.54, 1.807) is 12.1 Å². The number of hydrogen-bond acceptors (Lipinski definition) is 4. The standard InChI is InChI=1S/C18H27NO4/c1-3-4-5-6-7-17(20)19-12-13-22-18(21)14-23-16-10-8-15(2)9-11-16/h8-11H,3-7,12-14H2,1-2H3,(H,19,20). The molecule has 1 aromatic rings. The Bertz CT molecular complexity index is 470. The summed E-state index contributed by atoms with van der Waals surface area (Å²) in [5, 5.41) is 2.74. The lowest BCUT2D eigenvalue weighted by molar-refractivity contribution is -0.146. The number of rotatable bonds is 11. The summed E-state index contributed by atoms with van der Waals surface area (Å²) in [7, 11) is 0. The summed E-state index contributed by atoms with van der Waals surface area (Å²) in [6.07, 6.45) is 4.83. The minimum Gasteiger partial charge on any atom is -0.482 e. The molecule has 0 aromatic heterocycles. The zero-order chi connectivity index (χ0) is 16.9. The van der Waals surface area contributed by atoms with Gasteiger partial charge in [-0.1, -0.05) is 43.9 Å². The van der Waals surface area contributed by atoms with E-state index in [0.717, 1.165) is 31.2 Å². The largest absolute Gasteiger partial charge is 0.482 e. The summed E-state index contributed by atoms with van der Waals surface area (Å²) in [6.45, 7) is 4.49. The van der Waals surface area contributed by atoms with Gasteiger partial charge in [0.1, 0.15) is 12.4 Å². The van der Waals surface area contributed by atoms with Crippen LogP contribution in [0.15, 0.2) is 24.3 Å². The number of unbranched alkanes of at least 4 members (excludes halogenated alkanes) is 3. The molecular formula is C18H27NO4. The monoisotopic (exact) mass is 321 g/mol. The Kier molecular flexibility index (Phi) is 9.52. The number of benzene rings is 1. The van der Waals surface area contributed by atoms with E-state index in [1.165, 1.54) is 0 Å². The summed E-state index contributed by atoms with van der Waals surface area (Å²) >= 11 is 0. The highest BCUT2D eigenvalue weighted by molar-refractivity contribution is 5.75. The van der Waals surface area contributed by atoms with Crippen molar-refractivity contribution in [2.24, 2.45) is 0 Å². The summed E-state index contributed by atoms with van der Waals surface area (Å²) < 4.78 is 10.3. The first-order valence-corrected chi connectivity index (χ1v) is 8.23. The van der Waals surface area contributed by atoms with E-state index in [1.807, 2.05) is 19.1 Å². The van der Waals surface area contributed by atoms with Crippen molar-refractivity contribution in [3.8, 4) is 5.75 Å². The first kappa shape index (κ1) is 19.0. The maximum absolute atomic E-state index is 11.5. The normalized spacial score (nSPS) is 10.2. The summed E-state index contributed by atoms with van der Waals surface area (Å²) in [4.78, 5) is 23.0. The van der Waals surface area contributed by atoms with Gasteiger partial charge in [-0.2, -0.15) is 0 Å². The number of carbonyl (C=O) groups excluding carboxylic acids is 2. The molecule has 1 aromatic carbocycles. The van der Waals surface area contributed by atoms with Gasteiger partial charge >= 0.3 is 5.97 Å². The van der Waals surface area contributed by atoms with Crippen molar-refractivity contribution in [3.63, 3.8) is 0 Å². The molecule has 1 rings (SSSR count). The average Bonchev–Trinajstić information content (AvgIpc) is 2.55. The lowest BCUT2D eigenvalue weighted by atomic mass is 10.1. The molecule has 0 unspecified atom stereocenters. The van der Waals surface area contributed by atoms with Gasteiger partial charge in [0.05, 0.1) is 6.54 Å². The molecule has 5 nitrogen and oxygen atoms in total. The molecule has 0 saturated carbocycles. The van der Waals surface area contributed by atoms with E-state index in [4.69, 9.17) is 9.47 Å². The third kappa shape index (κ3) is 9.55. The molecule has 5 heteroatoms. The Morgan fingerprint density at radius 1 is 1.09 bits per heavy atom. The van der Waals surface area contributed by atoms with Crippen molar-refractivity contribution < 1.29 is 19.1 Å². The number of carbonyl (C=O) groups is 2. The average molecular weight is 321 g/mol. The maximum Gasteiger partial charge on any atom is 0.344 e. The second kappa shape index (κ2) is 11.5. The molecule has 0 heterocycles. The van der Waals surface area contributed by atoms with Crippen molar-refractivity contribution in [2.75, 3.05) is 19.8 Å². The lowest BCUT2D eigenvalue weighted by Crippen LogP contribution is -2.28. The van der Waals surface area contributed by atoms with E-state index in [9.17, 15) is 9.59 Å². The number of aryl methyl sites for hydroxylation is 1. The highest BCUT2D eigenvalue weighted by atomic mass is 16.6. The van der Waals surface area contributed by atoms with Crippen molar-refractivity contribution in [1.29, 1.82) is 0 Å². The Morgan fingerprint density at radius 2 is 1.83 bits per heavy atom. The van der Waals surface area contributed by atoms with Crippen LogP contribution in [0.2, 0.25) is 0 Å². The van der Waals surface area contributed by atoms with Gasteiger partial charge in [0.25, 0.3) is 0 Å². The Labute approximate surface area is 138 Å². The number of esters is 1. The third-order valence-electron chi connectivity index (χ3n) is 3.32. The van der Waals surface area contributed by atoms with E-state index in [-0.39, 0.29) is 19.1 Å². The van der Waals surface area contributed by atoms with Crippen LogP contribution in [-0.4, -0.2) is 31.6 Å². The first-order chi connectivity index (χ1) is 11.1. The molecule has 0 atom stereocenters. The number of hydrogen-bond donors (Lipinski definition) is 1. The fraction of sp³-hybridized carbons (Fsp3) is 0.556. The first-order valence-electron chi connectivity index (χ1n) is 8.23. The molecule has 0 aliphatic rings. The summed E-state index contributed by atoms with van der Waals surface area (Å²) in [6, 6.07) is 7.44. The molecule has 0 radical (unpaired) electrons. The van der Waals surface area contributed by atoms with E-state index in [2.05, 4.69) is 12.2 Å². The van der Waals surface area contributed by atoms with Crippen LogP contribution >= 0.6 is 0 Å². The molecule has 0 saturated heterocycles. The Morgan fingerprint density at radius 3 is 2.52 bits per heavy atom. The van der Waals surface area contributed by atoms with E-state index in [0.29, 0.717) is 18.7 Å². The van der Waals surface area contributed by atoms with Crippen LogP contribution in [-0.2, 0) is 14.3 Å². The fourth-order valence-corrected chi connectivity index (χ4v) is 1.97. The second-order valence-electron chi connectivity index (χ2n) is 5.48. The molecule has 128 valence electrons.